The minimum Gasteiger partial charge on any atom is -0.261 e. The molecule has 3 nitrogen and oxygen atoms in total. The van der Waals surface area contributed by atoms with Crippen molar-refractivity contribution in [1.29, 1.82) is 0 Å². The number of aryl methyl sites for hydroxylation is 2. The number of fused-ring (bicyclic) bond motifs is 1. The van der Waals surface area contributed by atoms with Gasteiger partial charge >= 0.3 is 0 Å². The molecule has 0 spiro atoms. The number of hydrogen-bond donors (Lipinski definition) is 0. The van der Waals surface area contributed by atoms with Crippen LogP contribution in [0.25, 0.3) is 11.6 Å². The van der Waals surface area contributed by atoms with Gasteiger partial charge < -0.3 is 0 Å². The fourth-order valence-corrected chi connectivity index (χ4v) is 4.84. The summed E-state index contributed by atoms with van der Waals surface area (Å²) in [4.78, 5) is 0.314. The molecule has 0 aromatic heterocycles. The molecule has 0 saturated heterocycles. The molecule has 0 fully saturated rings. The van der Waals surface area contributed by atoms with E-state index in [1.165, 1.54) is 4.31 Å². The highest BCUT2D eigenvalue weighted by Gasteiger charge is 2.30. The maximum Gasteiger partial charge on any atom is 0.264 e. The number of hydrogen-bond acceptors (Lipinski definition) is 2. The fraction of sp³-hybridized carbons (Fsp3) is 0.130. The van der Waals surface area contributed by atoms with Crippen LogP contribution in [0.5, 0.6) is 0 Å². The van der Waals surface area contributed by atoms with Gasteiger partial charge in [0.05, 0.1) is 17.1 Å². The zero-order valence-electron chi connectivity index (χ0n) is 15.4. The maximum atomic E-state index is 13.4. The van der Waals surface area contributed by atoms with E-state index in [9.17, 15) is 8.42 Å². The first-order chi connectivity index (χ1) is 12.9. The standard InChI is InChI=1S/C23H21NO2S/c1-17-8-11-22(12-9-17)27(25,26)24-16-21(19-6-4-3-5-7-19)15-20-14-18(2)10-13-23(20)24/h3-15H,16H2,1-2H3. The van der Waals surface area contributed by atoms with E-state index >= 15 is 0 Å². The molecule has 0 bridgehead atoms. The van der Waals surface area contributed by atoms with Gasteiger partial charge in [-0.25, -0.2) is 8.42 Å². The Morgan fingerprint density at radius 3 is 2.19 bits per heavy atom. The Labute approximate surface area is 160 Å². The third kappa shape index (κ3) is 3.28. The Bertz CT molecular complexity index is 1110. The van der Waals surface area contributed by atoms with Crippen LogP contribution in [-0.4, -0.2) is 15.0 Å². The minimum absolute atomic E-state index is 0.314. The van der Waals surface area contributed by atoms with Crippen LogP contribution in [-0.2, 0) is 10.0 Å². The second-order valence-corrected chi connectivity index (χ2v) is 8.78. The molecule has 0 saturated carbocycles. The first kappa shape index (κ1) is 17.6. The smallest absolute Gasteiger partial charge is 0.261 e. The van der Waals surface area contributed by atoms with Crippen molar-refractivity contribution in [2.75, 3.05) is 10.8 Å². The normalized spacial score (nSPS) is 13.9. The summed E-state index contributed by atoms with van der Waals surface area (Å²) in [7, 11) is -3.65. The third-order valence-corrected chi connectivity index (χ3v) is 6.62. The van der Waals surface area contributed by atoms with Crippen LogP contribution in [0.3, 0.4) is 0 Å². The van der Waals surface area contributed by atoms with Gasteiger partial charge in [0, 0.05) is 0 Å². The molecule has 0 radical (unpaired) electrons. The summed E-state index contributed by atoms with van der Waals surface area (Å²) in [6.07, 6.45) is 2.10. The number of benzene rings is 3. The average molecular weight is 375 g/mol. The molecule has 136 valence electrons. The monoisotopic (exact) mass is 375 g/mol. The van der Waals surface area contributed by atoms with Crippen LogP contribution in [0.15, 0.2) is 77.7 Å². The van der Waals surface area contributed by atoms with Crippen LogP contribution >= 0.6 is 0 Å². The van der Waals surface area contributed by atoms with Gasteiger partial charge in [0.1, 0.15) is 0 Å². The van der Waals surface area contributed by atoms with Gasteiger partial charge in [0.15, 0.2) is 0 Å². The Morgan fingerprint density at radius 1 is 0.815 bits per heavy atom. The van der Waals surface area contributed by atoms with Crippen molar-refractivity contribution in [3.8, 4) is 0 Å². The molecule has 0 unspecified atom stereocenters. The second kappa shape index (κ2) is 6.71. The van der Waals surface area contributed by atoms with Crippen molar-refractivity contribution >= 4 is 27.4 Å². The topological polar surface area (TPSA) is 37.4 Å². The second-order valence-electron chi connectivity index (χ2n) is 6.92. The largest absolute Gasteiger partial charge is 0.264 e. The van der Waals surface area contributed by atoms with Crippen LogP contribution < -0.4 is 4.31 Å². The molecule has 4 heteroatoms. The van der Waals surface area contributed by atoms with Gasteiger partial charge in [0.25, 0.3) is 10.0 Å². The van der Waals surface area contributed by atoms with Crippen molar-refractivity contribution in [2.24, 2.45) is 0 Å². The molecule has 0 aliphatic carbocycles. The summed E-state index contributed by atoms with van der Waals surface area (Å²) in [5, 5.41) is 0. The molecule has 1 aliphatic rings. The fourth-order valence-electron chi connectivity index (χ4n) is 3.37. The Kier molecular flexibility index (Phi) is 4.36. The third-order valence-electron chi connectivity index (χ3n) is 4.85. The van der Waals surface area contributed by atoms with Crippen LogP contribution in [0, 0.1) is 13.8 Å². The lowest BCUT2D eigenvalue weighted by Gasteiger charge is -2.31. The maximum absolute atomic E-state index is 13.4. The molecule has 0 amide bonds. The lowest BCUT2D eigenvalue weighted by molar-refractivity contribution is 0.593. The van der Waals surface area contributed by atoms with Crippen LogP contribution in [0.1, 0.15) is 22.3 Å². The van der Waals surface area contributed by atoms with E-state index in [0.29, 0.717) is 11.4 Å². The highest BCUT2D eigenvalue weighted by Crippen LogP contribution is 2.36. The molecular formula is C23H21NO2S. The minimum atomic E-state index is -3.65. The number of anilines is 1. The van der Waals surface area contributed by atoms with Gasteiger partial charge in [-0.15, -0.1) is 0 Å². The summed E-state index contributed by atoms with van der Waals surface area (Å²) in [5.74, 6) is 0. The molecule has 3 aromatic carbocycles. The summed E-state index contributed by atoms with van der Waals surface area (Å²) in [6.45, 7) is 4.28. The molecule has 3 aromatic rings. The molecule has 4 rings (SSSR count). The van der Waals surface area contributed by atoms with E-state index in [-0.39, 0.29) is 0 Å². The predicted octanol–water partition coefficient (Wildman–Crippen LogP) is 5.05. The highest BCUT2D eigenvalue weighted by atomic mass is 32.2. The predicted molar refractivity (Wildman–Crippen MR) is 111 cm³/mol. The molecule has 0 atom stereocenters. The van der Waals surface area contributed by atoms with Gasteiger partial charge in [-0.05, 0) is 60.9 Å². The Balaban J connectivity index is 1.86. The van der Waals surface area contributed by atoms with E-state index < -0.39 is 10.0 Å². The Morgan fingerprint density at radius 2 is 1.48 bits per heavy atom. The number of sulfonamides is 1. The molecular weight excluding hydrogens is 354 g/mol. The quantitative estimate of drug-likeness (QED) is 0.642. The van der Waals surface area contributed by atoms with E-state index in [2.05, 4.69) is 6.08 Å². The van der Waals surface area contributed by atoms with Crippen molar-refractivity contribution in [3.05, 3.63) is 95.1 Å². The van der Waals surface area contributed by atoms with Gasteiger partial charge in [-0.2, -0.15) is 0 Å². The summed E-state index contributed by atoms with van der Waals surface area (Å²) in [6, 6.07) is 22.9. The van der Waals surface area contributed by atoms with Crippen LogP contribution in [0.2, 0.25) is 0 Å². The van der Waals surface area contributed by atoms with Gasteiger partial charge in [-0.1, -0.05) is 59.7 Å². The molecule has 0 N–H and O–H groups in total. The molecule has 27 heavy (non-hydrogen) atoms. The lowest BCUT2D eigenvalue weighted by Crippen LogP contribution is -2.34. The molecule has 1 heterocycles. The summed E-state index contributed by atoms with van der Waals surface area (Å²) >= 11 is 0. The van der Waals surface area contributed by atoms with Crippen molar-refractivity contribution < 1.29 is 8.42 Å². The first-order valence-electron chi connectivity index (χ1n) is 8.91. The van der Waals surface area contributed by atoms with Crippen molar-refractivity contribution in [2.45, 2.75) is 18.7 Å². The Hall–Kier alpha value is -2.85. The summed E-state index contributed by atoms with van der Waals surface area (Å²) < 4.78 is 28.4. The number of nitrogens with zero attached hydrogens (tertiary/aromatic N) is 1. The zero-order chi connectivity index (χ0) is 19.0. The van der Waals surface area contributed by atoms with E-state index in [4.69, 9.17) is 0 Å². The van der Waals surface area contributed by atoms with Crippen molar-refractivity contribution in [3.63, 3.8) is 0 Å². The summed E-state index contributed by atoms with van der Waals surface area (Å²) in [5.41, 5.74) is 5.82. The number of rotatable bonds is 3. The van der Waals surface area contributed by atoms with E-state index in [1.54, 1.807) is 12.1 Å². The van der Waals surface area contributed by atoms with Crippen LogP contribution in [0.4, 0.5) is 5.69 Å². The lowest BCUT2D eigenvalue weighted by atomic mass is 9.97. The van der Waals surface area contributed by atoms with Gasteiger partial charge in [0.2, 0.25) is 0 Å². The van der Waals surface area contributed by atoms with Gasteiger partial charge in [-0.3, -0.25) is 4.31 Å². The van der Waals surface area contributed by atoms with E-state index in [1.807, 2.05) is 74.5 Å². The zero-order valence-corrected chi connectivity index (χ0v) is 16.2. The SMILES string of the molecule is Cc1ccc(S(=O)(=O)N2CC(c3ccccc3)=Cc3cc(C)ccc32)cc1. The van der Waals surface area contributed by atoms with Crippen molar-refractivity contribution in [1.82, 2.24) is 0 Å². The molecule has 1 aliphatic heterocycles. The van der Waals surface area contributed by atoms with E-state index in [0.717, 1.165) is 33.5 Å². The first-order valence-corrected chi connectivity index (χ1v) is 10.4. The average Bonchev–Trinajstić information content (AvgIpc) is 2.68. The highest BCUT2D eigenvalue weighted by molar-refractivity contribution is 7.92.